The van der Waals surface area contributed by atoms with E-state index in [1.54, 1.807) is 0 Å². The third-order valence-electron chi connectivity index (χ3n) is 11.7. The molecule has 0 aromatic heterocycles. The van der Waals surface area contributed by atoms with E-state index >= 15 is 0 Å². The van der Waals surface area contributed by atoms with E-state index in [0.29, 0.717) is 0 Å². The van der Waals surface area contributed by atoms with Crippen molar-refractivity contribution in [3.05, 3.63) is 192 Å². The van der Waals surface area contributed by atoms with E-state index < -0.39 is 0 Å². The Bertz CT molecular complexity index is 2570. The predicted octanol–water partition coefficient (Wildman–Crippen LogP) is 12.6. The minimum absolute atomic E-state index is 0.0796. The van der Waals surface area contributed by atoms with Gasteiger partial charge in [0.25, 0.3) is 0 Å². The van der Waals surface area contributed by atoms with Gasteiger partial charge in [-0.1, -0.05) is 146 Å². The summed E-state index contributed by atoms with van der Waals surface area (Å²) < 4.78 is 0. The molecule has 2 atom stereocenters. The zero-order valence-electron chi connectivity index (χ0n) is 27.2. The molecule has 2 heteroatoms. The van der Waals surface area contributed by atoms with Crippen molar-refractivity contribution < 1.29 is 0 Å². The molecule has 2 unspecified atom stereocenters. The summed E-state index contributed by atoms with van der Waals surface area (Å²) in [5.74, 6) is 0. The number of anilines is 4. The second-order valence-electron chi connectivity index (χ2n) is 13.9. The van der Waals surface area contributed by atoms with Gasteiger partial charge >= 0.3 is 0 Å². The molecule has 12 rings (SSSR count). The molecule has 4 heterocycles. The fourth-order valence-electron chi connectivity index (χ4n) is 9.78. The first-order chi connectivity index (χ1) is 24.9. The van der Waals surface area contributed by atoms with Crippen LogP contribution in [-0.2, 0) is 0 Å². The fraction of sp³-hybridized carbons (Fsp3) is 0.0417. The third-order valence-corrected chi connectivity index (χ3v) is 11.7. The Morgan fingerprint density at radius 1 is 0.260 bits per heavy atom. The van der Waals surface area contributed by atoms with Gasteiger partial charge in [-0.2, -0.15) is 0 Å². The Balaban J connectivity index is 1.17. The largest absolute Gasteiger partial charge is 0.329 e. The van der Waals surface area contributed by atoms with E-state index in [0.717, 1.165) is 0 Å². The number of hydrogen-bond donors (Lipinski definition) is 0. The van der Waals surface area contributed by atoms with Gasteiger partial charge in [-0.3, -0.25) is 0 Å². The van der Waals surface area contributed by atoms with Crippen molar-refractivity contribution in [3.63, 3.8) is 0 Å². The van der Waals surface area contributed by atoms with Crippen LogP contribution in [0.5, 0.6) is 0 Å². The third kappa shape index (κ3) is 3.24. The van der Waals surface area contributed by atoms with E-state index in [1.807, 2.05) is 0 Å². The normalized spacial score (nSPS) is 16.7. The van der Waals surface area contributed by atoms with Crippen LogP contribution in [-0.4, -0.2) is 0 Å². The maximum Gasteiger partial charge on any atom is 0.0857 e. The standard InChI is InChI=1S/C48H30N2/c1-3-17-35-29(13-1)31-15-5-9-21-41(31)49-43-23-11-7-19-37(43)45-33-26-28-40-46(34(33)25-27-39(45)47(35)49)38-20-8-12-24-44(38)50-42-22-10-6-16-32(42)30-14-2-4-18-36(30)48(40)50/h1-28,47-48H. The molecule has 0 amide bonds. The van der Waals surface area contributed by atoms with E-state index in [1.165, 1.54) is 100 Å². The lowest BCUT2D eigenvalue weighted by Crippen LogP contribution is -2.33. The highest BCUT2D eigenvalue weighted by molar-refractivity contribution is 6.13. The van der Waals surface area contributed by atoms with Gasteiger partial charge in [-0.05, 0) is 79.5 Å². The number of hydrogen-bond acceptors (Lipinski definition) is 2. The summed E-state index contributed by atoms with van der Waals surface area (Å²) in [7, 11) is 0. The van der Waals surface area contributed by atoms with E-state index in [4.69, 9.17) is 0 Å². The molecule has 0 spiro atoms. The molecule has 232 valence electrons. The number of para-hydroxylation sites is 4. The Morgan fingerprint density at radius 3 is 1.00 bits per heavy atom. The fourth-order valence-corrected chi connectivity index (χ4v) is 9.78. The molecule has 4 aliphatic heterocycles. The maximum atomic E-state index is 2.59. The van der Waals surface area contributed by atoms with Crippen molar-refractivity contribution in [1.82, 2.24) is 0 Å². The van der Waals surface area contributed by atoms with Crippen molar-refractivity contribution in [2.45, 2.75) is 12.1 Å². The van der Waals surface area contributed by atoms with Crippen molar-refractivity contribution in [2.75, 3.05) is 9.80 Å². The second kappa shape index (κ2) is 9.62. The van der Waals surface area contributed by atoms with Crippen LogP contribution in [0.1, 0.15) is 34.3 Å². The van der Waals surface area contributed by atoms with Crippen LogP contribution in [0.4, 0.5) is 22.7 Å². The lowest BCUT2D eigenvalue weighted by atomic mass is 9.74. The molecule has 0 saturated carbocycles. The summed E-state index contributed by atoms with van der Waals surface area (Å²) in [6.07, 6.45) is 0. The first-order valence-corrected chi connectivity index (χ1v) is 17.6. The second-order valence-corrected chi connectivity index (χ2v) is 13.9. The maximum absolute atomic E-state index is 2.59. The summed E-state index contributed by atoms with van der Waals surface area (Å²) in [4.78, 5) is 5.17. The minimum Gasteiger partial charge on any atom is -0.329 e. The summed E-state index contributed by atoms with van der Waals surface area (Å²) in [5, 5.41) is 2.63. The molecule has 0 bridgehead atoms. The highest BCUT2D eigenvalue weighted by Gasteiger charge is 2.42. The summed E-state index contributed by atoms with van der Waals surface area (Å²) in [5.41, 5.74) is 21.0. The molecule has 0 fully saturated rings. The van der Waals surface area contributed by atoms with Gasteiger partial charge in [0.2, 0.25) is 0 Å². The molecule has 0 aliphatic carbocycles. The lowest BCUT2D eigenvalue weighted by Gasteiger charge is -2.46. The molecule has 0 saturated heterocycles. The van der Waals surface area contributed by atoms with Gasteiger partial charge in [0.15, 0.2) is 0 Å². The van der Waals surface area contributed by atoms with Gasteiger partial charge in [-0.15, -0.1) is 0 Å². The summed E-state index contributed by atoms with van der Waals surface area (Å²) in [6, 6.07) is 63.8. The Hall–Kier alpha value is -6.38. The van der Waals surface area contributed by atoms with Gasteiger partial charge in [0.1, 0.15) is 0 Å². The van der Waals surface area contributed by atoms with Gasteiger partial charge < -0.3 is 9.80 Å². The minimum atomic E-state index is 0.0796. The highest BCUT2D eigenvalue weighted by atomic mass is 15.2. The SMILES string of the molecule is c1ccc2c(c1)-c1ccccc1N1c3ccccc3-c3c(ccc4c5c(ccc34)C3c4ccccc4-c4ccccc4N3c3ccccc3-5)C21. The lowest BCUT2D eigenvalue weighted by molar-refractivity contribution is 0.801. The van der Waals surface area contributed by atoms with Gasteiger partial charge in [0.05, 0.1) is 12.1 Å². The molecule has 4 aliphatic rings. The van der Waals surface area contributed by atoms with Crippen molar-refractivity contribution >= 4 is 33.5 Å². The van der Waals surface area contributed by atoms with Crippen LogP contribution in [0, 0.1) is 0 Å². The zero-order valence-corrected chi connectivity index (χ0v) is 27.2. The molecule has 8 aromatic rings. The number of rotatable bonds is 0. The number of benzene rings is 8. The van der Waals surface area contributed by atoms with Crippen molar-refractivity contribution in [2.24, 2.45) is 0 Å². The zero-order chi connectivity index (χ0) is 32.5. The van der Waals surface area contributed by atoms with Crippen LogP contribution >= 0.6 is 0 Å². The van der Waals surface area contributed by atoms with Crippen LogP contribution < -0.4 is 9.80 Å². The Labute approximate surface area is 291 Å². The highest BCUT2D eigenvalue weighted by Crippen LogP contribution is 2.61. The number of nitrogens with zero attached hydrogens (tertiary/aromatic N) is 2. The van der Waals surface area contributed by atoms with E-state index in [-0.39, 0.29) is 12.1 Å². The molecule has 0 N–H and O–H groups in total. The average molecular weight is 635 g/mol. The van der Waals surface area contributed by atoms with Crippen LogP contribution in [0.25, 0.3) is 55.3 Å². The summed E-state index contributed by atoms with van der Waals surface area (Å²) >= 11 is 0. The smallest absolute Gasteiger partial charge is 0.0857 e. The molecular weight excluding hydrogens is 605 g/mol. The Kier molecular flexibility index (Phi) is 5.11. The number of fused-ring (bicyclic) bond motifs is 25. The quantitative estimate of drug-likeness (QED) is 0.164. The molecule has 0 radical (unpaired) electrons. The topological polar surface area (TPSA) is 6.48 Å². The first kappa shape index (κ1) is 26.6. The van der Waals surface area contributed by atoms with Gasteiger partial charge in [-0.25, -0.2) is 0 Å². The monoisotopic (exact) mass is 634 g/mol. The summed E-state index contributed by atoms with van der Waals surface area (Å²) in [6.45, 7) is 0. The average Bonchev–Trinajstić information content (AvgIpc) is 3.19. The van der Waals surface area contributed by atoms with Crippen molar-refractivity contribution in [1.29, 1.82) is 0 Å². The Morgan fingerprint density at radius 2 is 0.580 bits per heavy atom. The van der Waals surface area contributed by atoms with Gasteiger partial charge in [0, 0.05) is 45.0 Å². The van der Waals surface area contributed by atoms with Crippen LogP contribution in [0.3, 0.4) is 0 Å². The van der Waals surface area contributed by atoms with Crippen molar-refractivity contribution in [3.8, 4) is 44.5 Å². The van der Waals surface area contributed by atoms with E-state index in [9.17, 15) is 0 Å². The van der Waals surface area contributed by atoms with Crippen LogP contribution in [0.2, 0.25) is 0 Å². The molecule has 8 aromatic carbocycles. The van der Waals surface area contributed by atoms with Crippen LogP contribution in [0.15, 0.2) is 170 Å². The molecule has 2 nitrogen and oxygen atoms in total. The molecule has 50 heavy (non-hydrogen) atoms. The first-order valence-electron chi connectivity index (χ1n) is 17.6. The molecular formula is C48H30N2. The van der Waals surface area contributed by atoms with E-state index in [2.05, 4.69) is 180 Å². The predicted molar refractivity (Wildman–Crippen MR) is 207 cm³/mol.